The molecule has 4 rings (SSSR count). The first-order chi connectivity index (χ1) is 13.6. The van der Waals surface area contributed by atoms with Crippen molar-refractivity contribution in [3.05, 3.63) is 89.5 Å². The van der Waals surface area contributed by atoms with Crippen molar-refractivity contribution >= 4 is 5.57 Å². The Bertz CT molecular complexity index is 842. The van der Waals surface area contributed by atoms with Gasteiger partial charge in [0, 0.05) is 0 Å². The molecule has 0 saturated heterocycles. The van der Waals surface area contributed by atoms with Gasteiger partial charge < -0.3 is 5.11 Å². The summed E-state index contributed by atoms with van der Waals surface area (Å²) in [7, 11) is 0. The summed E-state index contributed by atoms with van der Waals surface area (Å²) in [5.74, 6) is 1.82. The molecule has 0 aliphatic heterocycles. The predicted octanol–water partition coefficient (Wildman–Crippen LogP) is 6.45. The molecule has 2 aliphatic rings. The van der Waals surface area contributed by atoms with Gasteiger partial charge in [-0.2, -0.15) is 0 Å². The van der Waals surface area contributed by atoms with Gasteiger partial charge in [-0.15, -0.1) is 0 Å². The van der Waals surface area contributed by atoms with Crippen LogP contribution in [0.15, 0.2) is 78.4 Å². The van der Waals surface area contributed by atoms with E-state index in [0.717, 1.165) is 32.1 Å². The van der Waals surface area contributed by atoms with Crippen molar-refractivity contribution in [2.75, 3.05) is 0 Å². The SMILES string of the molecule is CC(Cc1ccccc1)[C@H]1C/C(c2ccccc2)=C(C2(O)CC2)\C=C\C[C@H]1C. The highest BCUT2D eigenvalue weighted by Crippen LogP contribution is 2.49. The van der Waals surface area contributed by atoms with Crippen LogP contribution in [-0.4, -0.2) is 10.7 Å². The van der Waals surface area contributed by atoms with E-state index in [-0.39, 0.29) is 0 Å². The van der Waals surface area contributed by atoms with Crippen molar-refractivity contribution in [1.29, 1.82) is 0 Å². The number of hydrogen-bond acceptors (Lipinski definition) is 1. The van der Waals surface area contributed by atoms with E-state index < -0.39 is 5.60 Å². The summed E-state index contributed by atoms with van der Waals surface area (Å²) in [5, 5.41) is 11.0. The Kier molecular flexibility index (Phi) is 5.55. The van der Waals surface area contributed by atoms with E-state index in [1.165, 1.54) is 22.3 Å². The summed E-state index contributed by atoms with van der Waals surface area (Å²) in [5.41, 5.74) is 4.62. The zero-order valence-electron chi connectivity index (χ0n) is 17.1. The van der Waals surface area contributed by atoms with Gasteiger partial charge >= 0.3 is 0 Å². The van der Waals surface area contributed by atoms with E-state index in [1.807, 2.05) is 0 Å². The van der Waals surface area contributed by atoms with Crippen LogP contribution in [0, 0.1) is 17.8 Å². The van der Waals surface area contributed by atoms with Crippen molar-refractivity contribution < 1.29 is 5.11 Å². The number of allylic oxidation sites excluding steroid dienone is 2. The van der Waals surface area contributed by atoms with Gasteiger partial charge in [0.25, 0.3) is 0 Å². The van der Waals surface area contributed by atoms with Crippen molar-refractivity contribution in [3.8, 4) is 0 Å². The van der Waals surface area contributed by atoms with Crippen molar-refractivity contribution in [1.82, 2.24) is 0 Å². The third-order valence-electron chi connectivity index (χ3n) is 6.77. The molecule has 1 unspecified atom stereocenters. The molecule has 3 atom stereocenters. The van der Waals surface area contributed by atoms with Crippen LogP contribution in [0.1, 0.15) is 50.7 Å². The number of aliphatic hydroxyl groups is 1. The minimum absolute atomic E-state index is 0.595. The fraction of sp³-hybridized carbons (Fsp3) is 0.407. The third kappa shape index (κ3) is 4.15. The van der Waals surface area contributed by atoms with Gasteiger partial charge in [-0.3, -0.25) is 0 Å². The lowest BCUT2D eigenvalue weighted by atomic mass is 9.72. The molecule has 2 aromatic rings. The van der Waals surface area contributed by atoms with Crippen molar-refractivity contribution in [2.45, 2.75) is 51.6 Å². The lowest BCUT2D eigenvalue weighted by molar-refractivity contribution is 0.191. The Labute approximate surface area is 169 Å². The van der Waals surface area contributed by atoms with Gasteiger partial charge in [0.05, 0.1) is 5.60 Å². The average molecular weight is 373 g/mol. The standard InChI is InChI=1S/C27H32O/c1-20-10-9-15-26(27(28)16-17-27)25(23-13-7-4-8-14-23)19-24(20)21(2)18-22-11-5-3-6-12-22/h3-9,11-15,20-21,24,28H,10,16-19H2,1-2H3/b15-9+,26-25-/t20-,21?,24+/m1/s1. The van der Waals surface area contributed by atoms with Gasteiger partial charge in [0.2, 0.25) is 0 Å². The molecular formula is C27H32O. The first-order valence-electron chi connectivity index (χ1n) is 10.8. The van der Waals surface area contributed by atoms with E-state index in [0.29, 0.717) is 17.8 Å². The van der Waals surface area contributed by atoms with Crippen LogP contribution >= 0.6 is 0 Å². The molecule has 0 amide bonds. The fourth-order valence-electron chi connectivity index (χ4n) is 4.86. The van der Waals surface area contributed by atoms with E-state index in [9.17, 15) is 5.11 Å². The smallest absolute Gasteiger partial charge is 0.0901 e. The molecule has 1 fully saturated rings. The second kappa shape index (κ2) is 8.09. The number of hydrogen-bond donors (Lipinski definition) is 1. The van der Waals surface area contributed by atoms with Gasteiger partial charge in [-0.05, 0) is 72.1 Å². The summed E-state index contributed by atoms with van der Waals surface area (Å²) >= 11 is 0. The summed E-state index contributed by atoms with van der Waals surface area (Å²) in [6, 6.07) is 21.6. The van der Waals surface area contributed by atoms with Crippen LogP contribution < -0.4 is 0 Å². The topological polar surface area (TPSA) is 20.2 Å². The highest BCUT2D eigenvalue weighted by atomic mass is 16.3. The molecular weight excluding hydrogens is 340 g/mol. The summed E-state index contributed by atoms with van der Waals surface area (Å²) < 4.78 is 0. The number of rotatable bonds is 5. The maximum absolute atomic E-state index is 11.0. The van der Waals surface area contributed by atoms with Crippen LogP contribution in [0.2, 0.25) is 0 Å². The first kappa shape index (κ1) is 19.2. The average Bonchev–Trinajstić information content (AvgIpc) is 3.44. The lowest BCUT2D eigenvalue weighted by Gasteiger charge is -2.33. The fourth-order valence-corrected chi connectivity index (χ4v) is 4.86. The number of benzene rings is 2. The van der Waals surface area contributed by atoms with E-state index in [4.69, 9.17) is 0 Å². The highest BCUT2D eigenvalue weighted by molar-refractivity contribution is 5.74. The molecule has 146 valence electrons. The molecule has 28 heavy (non-hydrogen) atoms. The van der Waals surface area contributed by atoms with Crippen LogP contribution in [0.3, 0.4) is 0 Å². The molecule has 1 N–H and O–H groups in total. The van der Waals surface area contributed by atoms with E-state index >= 15 is 0 Å². The third-order valence-corrected chi connectivity index (χ3v) is 6.77. The molecule has 2 aromatic carbocycles. The second-order valence-corrected chi connectivity index (χ2v) is 8.94. The summed E-state index contributed by atoms with van der Waals surface area (Å²) in [6.45, 7) is 4.81. The van der Waals surface area contributed by atoms with Gasteiger partial charge in [0.1, 0.15) is 0 Å². The van der Waals surface area contributed by atoms with Crippen LogP contribution in [0.4, 0.5) is 0 Å². The maximum Gasteiger partial charge on any atom is 0.0901 e. The molecule has 1 saturated carbocycles. The molecule has 0 radical (unpaired) electrons. The van der Waals surface area contributed by atoms with Crippen LogP contribution in [0.5, 0.6) is 0 Å². The monoisotopic (exact) mass is 372 g/mol. The van der Waals surface area contributed by atoms with Crippen LogP contribution in [0.25, 0.3) is 5.57 Å². The Hall–Kier alpha value is -2.12. The molecule has 0 aromatic heterocycles. The minimum Gasteiger partial charge on any atom is -0.385 e. The molecule has 0 heterocycles. The Morgan fingerprint density at radius 1 is 1.00 bits per heavy atom. The lowest BCUT2D eigenvalue weighted by Crippen LogP contribution is -2.24. The van der Waals surface area contributed by atoms with Gasteiger partial charge in [-0.25, -0.2) is 0 Å². The molecule has 1 heteroatoms. The van der Waals surface area contributed by atoms with Gasteiger partial charge in [-0.1, -0.05) is 86.7 Å². The Balaban J connectivity index is 1.69. The Morgan fingerprint density at radius 3 is 2.29 bits per heavy atom. The first-order valence-corrected chi connectivity index (χ1v) is 10.8. The Morgan fingerprint density at radius 2 is 1.64 bits per heavy atom. The maximum atomic E-state index is 11.0. The largest absolute Gasteiger partial charge is 0.385 e. The van der Waals surface area contributed by atoms with Gasteiger partial charge in [0.15, 0.2) is 0 Å². The van der Waals surface area contributed by atoms with E-state index in [2.05, 4.69) is 86.7 Å². The highest BCUT2D eigenvalue weighted by Gasteiger charge is 2.45. The van der Waals surface area contributed by atoms with Crippen molar-refractivity contribution in [3.63, 3.8) is 0 Å². The minimum atomic E-state index is -0.602. The van der Waals surface area contributed by atoms with Crippen molar-refractivity contribution in [2.24, 2.45) is 17.8 Å². The molecule has 0 bridgehead atoms. The quantitative estimate of drug-likeness (QED) is 0.640. The predicted molar refractivity (Wildman–Crippen MR) is 118 cm³/mol. The molecule has 1 nitrogen and oxygen atoms in total. The summed E-state index contributed by atoms with van der Waals surface area (Å²) in [4.78, 5) is 0. The van der Waals surface area contributed by atoms with E-state index in [1.54, 1.807) is 0 Å². The van der Waals surface area contributed by atoms with Crippen LogP contribution in [-0.2, 0) is 6.42 Å². The normalized spacial score (nSPS) is 28.8. The molecule has 0 spiro atoms. The molecule has 2 aliphatic carbocycles. The zero-order valence-corrected chi connectivity index (χ0v) is 17.1. The second-order valence-electron chi connectivity index (χ2n) is 8.94. The summed E-state index contributed by atoms with van der Waals surface area (Å²) in [6.07, 6.45) is 9.56. The zero-order chi connectivity index (χ0) is 19.6.